The number of carbonyl (C=O) groups is 1. The van der Waals surface area contributed by atoms with E-state index < -0.39 is 0 Å². The normalized spacial score (nSPS) is 13.7. The van der Waals surface area contributed by atoms with Gasteiger partial charge in [-0.25, -0.2) is 0 Å². The van der Waals surface area contributed by atoms with Crippen LogP contribution in [0, 0.1) is 11.3 Å². The molecule has 0 amide bonds. The van der Waals surface area contributed by atoms with Crippen LogP contribution in [0.2, 0.25) is 0 Å². The van der Waals surface area contributed by atoms with Gasteiger partial charge in [0.1, 0.15) is 0 Å². The standard InChI is InChI=1S/C12H24O3/c1-5-15-11(14)8-10(9-13)6-7-12(2,3)4/h10,13H,5-9H2,1-4H3/t10-/m1/s1. The van der Waals surface area contributed by atoms with Crippen molar-refractivity contribution in [3.8, 4) is 0 Å². The maximum absolute atomic E-state index is 11.2. The first-order chi connectivity index (χ1) is 6.89. The highest BCUT2D eigenvalue weighted by molar-refractivity contribution is 5.69. The van der Waals surface area contributed by atoms with Crippen LogP contribution in [0.15, 0.2) is 0 Å². The summed E-state index contributed by atoms with van der Waals surface area (Å²) < 4.78 is 4.86. The van der Waals surface area contributed by atoms with Crippen LogP contribution in [0.1, 0.15) is 47.0 Å². The second-order valence-electron chi connectivity index (χ2n) is 5.16. The molecule has 0 saturated heterocycles. The molecule has 0 aromatic heterocycles. The lowest BCUT2D eigenvalue weighted by Gasteiger charge is -2.21. The van der Waals surface area contributed by atoms with Crippen LogP contribution >= 0.6 is 0 Å². The van der Waals surface area contributed by atoms with Crippen molar-refractivity contribution in [2.45, 2.75) is 47.0 Å². The molecule has 0 aromatic carbocycles. The van der Waals surface area contributed by atoms with Crippen molar-refractivity contribution < 1.29 is 14.6 Å². The van der Waals surface area contributed by atoms with Gasteiger partial charge in [-0.2, -0.15) is 0 Å². The minimum Gasteiger partial charge on any atom is -0.466 e. The SMILES string of the molecule is CCOC(=O)C[C@H](CO)CCC(C)(C)C. The van der Waals surface area contributed by atoms with Crippen LogP contribution in [0.3, 0.4) is 0 Å². The van der Waals surface area contributed by atoms with E-state index in [4.69, 9.17) is 9.84 Å². The smallest absolute Gasteiger partial charge is 0.306 e. The number of aliphatic hydroxyl groups is 1. The fourth-order valence-electron chi connectivity index (χ4n) is 1.35. The topological polar surface area (TPSA) is 46.5 Å². The van der Waals surface area contributed by atoms with Gasteiger partial charge < -0.3 is 9.84 Å². The molecule has 0 rings (SSSR count). The Hall–Kier alpha value is -0.570. The summed E-state index contributed by atoms with van der Waals surface area (Å²) in [5.41, 5.74) is 0.252. The number of carbonyl (C=O) groups excluding carboxylic acids is 1. The molecule has 0 aromatic rings. The van der Waals surface area contributed by atoms with Gasteiger partial charge in [-0.3, -0.25) is 4.79 Å². The minimum atomic E-state index is -0.203. The van der Waals surface area contributed by atoms with E-state index in [-0.39, 0.29) is 23.9 Å². The van der Waals surface area contributed by atoms with Crippen molar-refractivity contribution >= 4 is 5.97 Å². The van der Waals surface area contributed by atoms with Gasteiger partial charge in [-0.15, -0.1) is 0 Å². The van der Waals surface area contributed by atoms with Gasteiger partial charge in [0.25, 0.3) is 0 Å². The molecule has 0 aliphatic heterocycles. The van der Waals surface area contributed by atoms with E-state index in [1.165, 1.54) is 0 Å². The predicted molar refractivity (Wildman–Crippen MR) is 60.5 cm³/mol. The van der Waals surface area contributed by atoms with Crippen molar-refractivity contribution in [2.75, 3.05) is 13.2 Å². The minimum absolute atomic E-state index is 0.0447. The zero-order valence-corrected chi connectivity index (χ0v) is 10.4. The molecule has 0 heterocycles. The molecule has 0 bridgehead atoms. The average Bonchev–Trinajstić information content (AvgIpc) is 2.11. The molecule has 0 saturated carbocycles. The lowest BCUT2D eigenvalue weighted by atomic mass is 9.86. The Bertz CT molecular complexity index is 182. The molecule has 1 N–H and O–H groups in total. The number of hydrogen-bond acceptors (Lipinski definition) is 3. The van der Waals surface area contributed by atoms with E-state index in [1.54, 1.807) is 6.92 Å². The summed E-state index contributed by atoms with van der Waals surface area (Å²) in [4.78, 5) is 11.2. The van der Waals surface area contributed by atoms with Gasteiger partial charge in [-0.1, -0.05) is 20.8 Å². The molecular weight excluding hydrogens is 192 g/mol. The predicted octanol–water partition coefficient (Wildman–Crippen LogP) is 2.37. The Labute approximate surface area is 92.8 Å². The van der Waals surface area contributed by atoms with E-state index in [2.05, 4.69) is 20.8 Å². The van der Waals surface area contributed by atoms with Gasteiger partial charge in [-0.05, 0) is 31.1 Å². The van der Waals surface area contributed by atoms with Crippen LogP contribution in [-0.2, 0) is 9.53 Å². The van der Waals surface area contributed by atoms with E-state index in [0.29, 0.717) is 13.0 Å². The van der Waals surface area contributed by atoms with Gasteiger partial charge in [0.05, 0.1) is 13.0 Å². The van der Waals surface area contributed by atoms with Crippen molar-refractivity contribution in [1.29, 1.82) is 0 Å². The molecule has 0 unspecified atom stereocenters. The number of aliphatic hydroxyl groups excluding tert-OH is 1. The summed E-state index contributed by atoms with van der Waals surface area (Å²) >= 11 is 0. The third-order valence-electron chi connectivity index (χ3n) is 2.32. The number of ether oxygens (including phenoxy) is 1. The zero-order valence-electron chi connectivity index (χ0n) is 10.4. The third kappa shape index (κ3) is 8.43. The van der Waals surface area contributed by atoms with Gasteiger partial charge in [0, 0.05) is 6.61 Å². The summed E-state index contributed by atoms with van der Waals surface area (Å²) in [6.45, 7) is 8.75. The summed E-state index contributed by atoms with van der Waals surface area (Å²) in [6, 6.07) is 0. The molecule has 90 valence electrons. The van der Waals surface area contributed by atoms with E-state index >= 15 is 0 Å². The maximum Gasteiger partial charge on any atom is 0.306 e. The Balaban J connectivity index is 3.88. The second kappa shape index (κ2) is 6.83. The van der Waals surface area contributed by atoms with Crippen LogP contribution in [0.4, 0.5) is 0 Å². The quantitative estimate of drug-likeness (QED) is 0.693. The fourth-order valence-corrected chi connectivity index (χ4v) is 1.35. The summed E-state index contributed by atoms with van der Waals surface area (Å²) in [5, 5.41) is 9.13. The summed E-state index contributed by atoms with van der Waals surface area (Å²) in [7, 11) is 0. The second-order valence-corrected chi connectivity index (χ2v) is 5.16. The molecule has 0 aliphatic rings. The Morgan fingerprint density at radius 2 is 2.00 bits per heavy atom. The van der Waals surface area contributed by atoms with Crippen molar-refractivity contribution in [2.24, 2.45) is 11.3 Å². The first-order valence-electron chi connectivity index (χ1n) is 5.65. The Morgan fingerprint density at radius 3 is 2.40 bits per heavy atom. The van der Waals surface area contributed by atoms with Crippen molar-refractivity contribution in [3.05, 3.63) is 0 Å². The highest BCUT2D eigenvalue weighted by Crippen LogP contribution is 2.24. The zero-order chi connectivity index (χ0) is 11.9. The summed E-state index contributed by atoms with van der Waals surface area (Å²) in [6.07, 6.45) is 2.22. The van der Waals surface area contributed by atoms with Gasteiger partial charge in [0.15, 0.2) is 0 Å². The maximum atomic E-state index is 11.2. The molecule has 1 atom stereocenters. The molecule has 3 heteroatoms. The number of rotatable bonds is 6. The average molecular weight is 216 g/mol. The molecule has 15 heavy (non-hydrogen) atoms. The third-order valence-corrected chi connectivity index (χ3v) is 2.32. The van der Waals surface area contributed by atoms with Crippen LogP contribution in [0.25, 0.3) is 0 Å². The first kappa shape index (κ1) is 14.4. The van der Waals surface area contributed by atoms with Gasteiger partial charge in [0.2, 0.25) is 0 Å². The fraction of sp³-hybridized carbons (Fsp3) is 0.917. The lowest BCUT2D eigenvalue weighted by molar-refractivity contribution is -0.144. The van der Waals surface area contributed by atoms with E-state index in [0.717, 1.165) is 12.8 Å². The largest absolute Gasteiger partial charge is 0.466 e. The monoisotopic (exact) mass is 216 g/mol. The molecule has 0 spiro atoms. The highest BCUT2D eigenvalue weighted by atomic mass is 16.5. The molecule has 0 aliphatic carbocycles. The lowest BCUT2D eigenvalue weighted by Crippen LogP contribution is -2.17. The van der Waals surface area contributed by atoms with Crippen molar-refractivity contribution in [3.63, 3.8) is 0 Å². The van der Waals surface area contributed by atoms with E-state index in [1.807, 2.05) is 0 Å². The Kier molecular flexibility index (Phi) is 6.57. The number of esters is 1. The molecular formula is C12H24O3. The molecule has 3 nitrogen and oxygen atoms in total. The Morgan fingerprint density at radius 1 is 1.40 bits per heavy atom. The molecule has 0 radical (unpaired) electrons. The van der Waals surface area contributed by atoms with Crippen LogP contribution in [0.5, 0.6) is 0 Å². The molecule has 0 fully saturated rings. The van der Waals surface area contributed by atoms with E-state index in [9.17, 15) is 4.79 Å². The summed E-state index contributed by atoms with van der Waals surface area (Å²) in [5.74, 6) is -0.159. The number of hydrogen-bond donors (Lipinski definition) is 1. The first-order valence-corrected chi connectivity index (χ1v) is 5.65. The van der Waals surface area contributed by atoms with Crippen LogP contribution in [-0.4, -0.2) is 24.3 Å². The van der Waals surface area contributed by atoms with Crippen LogP contribution < -0.4 is 0 Å². The van der Waals surface area contributed by atoms with Crippen molar-refractivity contribution in [1.82, 2.24) is 0 Å². The van der Waals surface area contributed by atoms with Gasteiger partial charge >= 0.3 is 5.97 Å². The highest BCUT2D eigenvalue weighted by Gasteiger charge is 2.17.